The van der Waals surface area contributed by atoms with Crippen LogP contribution >= 0.6 is 0 Å². The van der Waals surface area contributed by atoms with E-state index in [0.29, 0.717) is 18.4 Å². The molecule has 0 saturated carbocycles. The minimum Gasteiger partial charge on any atom is -0.479 e. The maximum Gasteiger partial charge on any atom is 0.342 e. The molecule has 0 bridgehead atoms. The monoisotopic (exact) mass is 378 g/mol. The summed E-state index contributed by atoms with van der Waals surface area (Å²) in [5.74, 6) is -3.52. The molecule has 0 aliphatic rings. The normalized spacial score (nSPS) is 13.6. The van der Waals surface area contributed by atoms with Gasteiger partial charge in [-0.25, -0.2) is 9.59 Å². The number of amides is 1. The van der Waals surface area contributed by atoms with Crippen molar-refractivity contribution in [2.24, 2.45) is 16.6 Å². The van der Waals surface area contributed by atoms with Crippen molar-refractivity contribution in [3.63, 3.8) is 0 Å². The lowest BCUT2D eigenvalue weighted by atomic mass is 10.0. The molecule has 0 aliphatic carbocycles. The highest BCUT2D eigenvalue weighted by Gasteiger charge is 2.33. The van der Waals surface area contributed by atoms with E-state index < -0.39 is 30.1 Å². The van der Waals surface area contributed by atoms with Crippen LogP contribution < -0.4 is 16.4 Å². The first-order valence-corrected chi connectivity index (χ1v) is 8.61. The van der Waals surface area contributed by atoms with E-state index in [1.165, 1.54) is 7.05 Å². The zero-order valence-corrected chi connectivity index (χ0v) is 15.6. The number of nitrogens with zero attached hydrogens (tertiary/aromatic N) is 1. The van der Waals surface area contributed by atoms with Crippen LogP contribution in [0.2, 0.25) is 0 Å². The molecule has 2 unspecified atom stereocenters. The number of carboxylic acids is 1. The van der Waals surface area contributed by atoms with Crippen LogP contribution in [0.3, 0.4) is 0 Å². The van der Waals surface area contributed by atoms with Crippen molar-refractivity contribution in [1.82, 2.24) is 10.6 Å². The van der Waals surface area contributed by atoms with Crippen LogP contribution in [0.1, 0.15) is 38.5 Å². The number of esters is 1. The first-order valence-electron chi connectivity index (χ1n) is 8.61. The zero-order valence-electron chi connectivity index (χ0n) is 15.6. The van der Waals surface area contributed by atoms with Crippen molar-refractivity contribution in [1.29, 1.82) is 0 Å². The fourth-order valence-electron chi connectivity index (χ4n) is 2.33. The van der Waals surface area contributed by atoms with Gasteiger partial charge in [-0.3, -0.25) is 9.79 Å². The summed E-state index contributed by atoms with van der Waals surface area (Å²) in [5, 5.41) is 14.3. The molecule has 0 aliphatic heterocycles. The first-order chi connectivity index (χ1) is 12.8. The van der Waals surface area contributed by atoms with Crippen molar-refractivity contribution in [3.05, 3.63) is 35.9 Å². The van der Waals surface area contributed by atoms with Crippen molar-refractivity contribution < 1.29 is 24.2 Å². The summed E-state index contributed by atoms with van der Waals surface area (Å²) in [6.45, 7) is 3.62. The molecule has 2 atom stereocenters. The fourth-order valence-corrected chi connectivity index (χ4v) is 2.33. The molecule has 9 heteroatoms. The zero-order chi connectivity index (χ0) is 20.4. The molecule has 1 rings (SSSR count). The molecule has 0 saturated heterocycles. The number of nitrogens with one attached hydrogen (secondary N) is 2. The molecule has 0 radical (unpaired) electrons. The van der Waals surface area contributed by atoms with Crippen LogP contribution in [0.25, 0.3) is 0 Å². The Bertz CT molecular complexity index is 674. The molecule has 148 valence electrons. The topological polar surface area (TPSA) is 143 Å². The largest absolute Gasteiger partial charge is 0.479 e. The molecule has 27 heavy (non-hydrogen) atoms. The molecule has 1 aromatic carbocycles. The van der Waals surface area contributed by atoms with Gasteiger partial charge in [-0.2, -0.15) is 0 Å². The van der Waals surface area contributed by atoms with Crippen molar-refractivity contribution in [2.45, 2.75) is 39.0 Å². The van der Waals surface area contributed by atoms with Gasteiger partial charge in [0.05, 0.1) is 0 Å². The number of ether oxygens (including phenoxy) is 1. The van der Waals surface area contributed by atoms with Gasteiger partial charge in [0.15, 0.2) is 5.96 Å². The number of aliphatic imine (C=N–C) groups is 1. The van der Waals surface area contributed by atoms with Gasteiger partial charge in [-0.15, -0.1) is 0 Å². The van der Waals surface area contributed by atoms with Crippen molar-refractivity contribution in [2.75, 3.05) is 7.05 Å². The maximum atomic E-state index is 12.4. The minimum atomic E-state index is -1.83. The number of hydrogen-bond donors (Lipinski definition) is 4. The summed E-state index contributed by atoms with van der Waals surface area (Å²) < 4.78 is 5.27. The summed E-state index contributed by atoms with van der Waals surface area (Å²) in [5.41, 5.74) is 6.18. The third kappa shape index (κ3) is 6.61. The van der Waals surface area contributed by atoms with Gasteiger partial charge in [0, 0.05) is 18.5 Å². The number of carbonyl (C=O) groups excluding carboxylic acids is 2. The number of benzene rings is 1. The maximum absolute atomic E-state index is 12.4. The van der Waals surface area contributed by atoms with Crippen molar-refractivity contribution >= 4 is 23.8 Å². The van der Waals surface area contributed by atoms with Crippen LogP contribution in [-0.2, 0) is 19.1 Å². The Kier molecular flexibility index (Phi) is 8.77. The Morgan fingerprint density at radius 3 is 2.22 bits per heavy atom. The number of hydrogen-bond acceptors (Lipinski definition) is 5. The quantitative estimate of drug-likeness (QED) is 0.163. The molecule has 9 nitrogen and oxygen atoms in total. The van der Waals surface area contributed by atoms with E-state index in [-0.39, 0.29) is 11.9 Å². The van der Waals surface area contributed by atoms with Gasteiger partial charge in [-0.05, 0) is 12.8 Å². The van der Waals surface area contributed by atoms with Gasteiger partial charge >= 0.3 is 11.9 Å². The average Bonchev–Trinajstić information content (AvgIpc) is 2.66. The standard InChI is InChI=1S/C18H26N4O5/c1-4-11(5-2)14(23)21-13(16(24)25)17(26)27-15(22-18(19)20-3)12-9-7-6-8-10-12/h6-11,13,15H,4-5H2,1-3H3,(H,21,23)(H,24,25)(H3,19,20,22). The molecule has 0 heterocycles. The third-order valence-electron chi connectivity index (χ3n) is 3.98. The lowest BCUT2D eigenvalue weighted by Crippen LogP contribution is -2.50. The number of carbonyl (C=O) groups is 3. The Balaban J connectivity index is 2.98. The lowest BCUT2D eigenvalue weighted by Gasteiger charge is -2.23. The number of carboxylic acid groups (broad SMARTS) is 1. The van der Waals surface area contributed by atoms with Gasteiger partial charge in [-0.1, -0.05) is 44.2 Å². The summed E-state index contributed by atoms with van der Waals surface area (Å²) in [4.78, 5) is 39.8. The van der Waals surface area contributed by atoms with Crippen LogP contribution in [0.5, 0.6) is 0 Å². The molecule has 1 aromatic rings. The summed E-state index contributed by atoms with van der Waals surface area (Å²) in [6, 6.07) is 6.74. The Morgan fingerprint density at radius 1 is 1.15 bits per heavy atom. The summed E-state index contributed by atoms with van der Waals surface area (Å²) in [6.07, 6.45) is -0.00247. The second-order valence-corrected chi connectivity index (χ2v) is 5.77. The van der Waals surface area contributed by atoms with Crippen molar-refractivity contribution in [3.8, 4) is 0 Å². The Morgan fingerprint density at radius 2 is 1.74 bits per heavy atom. The third-order valence-corrected chi connectivity index (χ3v) is 3.98. The molecule has 0 fully saturated rings. The molecule has 0 aromatic heterocycles. The second-order valence-electron chi connectivity index (χ2n) is 5.77. The second kappa shape index (κ2) is 10.8. The highest BCUT2D eigenvalue weighted by atomic mass is 16.6. The summed E-state index contributed by atoms with van der Waals surface area (Å²) in [7, 11) is 1.45. The predicted molar refractivity (Wildman–Crippen MR) is 99.6 cm³/mol. The van der Waals surface area contributed by atoms with Gasteiger partial charge < -0.3 is 26.2 Å². The van der Waals surface area contributed by atoms with E-state index >= 15 is 0 Å². The number of aliphatic carboxylic acids is 1. The highest BCUT2D eigenvalue weighted by molar-refractivity contribution is 6.02. The fraction of sp³-hybridized carbons (Fsp3) is 0.444. The number of guanidine groups is 1. The lowest BCUT2D eigenvalue weighted by molar-refractivity contribution is -0.161. The van der Waals surface area contributed by atoms with E-state index in [1.807, 2.05) is 13.8 Å². The van der Waals surface area contributed by atoms with Gasteiger partial charge in [0.1, 0.15) is 0 Å². The molecule has 5 N–H and O–H groups in total. The number of rotatable bonds is 9. The average molecular weight is 378 g/mol. The SMILES string of the molecule is CCC(CC)C(=O)NC(C(=O)O)C(=O)OC(NC(N)=NC)c1ccccc1. The smallest absolute Gasteiger partial charge is 0.342 e. The number of nitrogens with two attached hydrogens (primary N) is 1. The van der Waals surface area contributed by atoms with E-state index in [0.717, 1.165) is 0 Å². The molecular formula is C18H26N4O5. The van der Waals surface area contributed by atoms with Crippen LogP contribution in [0.4, 0.5) is 0 Å². The molecular weight excluding hydrogens is 352 g/mol. The first kappa shape index (κ1) is 21.9. The highest BCUT2D eigenvalue weighted by Crippen LogP contribution is 2.15. The predicted octanol–water partition coefficient (Wildman–Crippen LogP) is 0.768. The van der Waals surface area contributed by atoms with E-state index in [9.17, 15) is 19.5 Å². The Hall–Kier alpha value is -3.10. The molecule has 0 spiro atoms. The summed E-state index contributed by atoms with van der Waals surface area (Å²) >= 11 is 0. The Labute approximate surface area is 158 Å². The van der Waals surface area contributed by atoms with Gasteiger partial charge in [0.2, 0.25) is 18.2 Å². The van der Waals surface area contributed by atoms with Crippen LogP contribution in [0.15, 0.2) is 35.3 Å². The van der Waals surface area contributed by atoms with E-state index in [4.69, 9.17) is 10.5 Å². The molecule has 1 amide bonds. The van der Waals surface area contributed by atoms with Crippen LogP contribution in [-0.4, -0.2) is 42.0 Å². The van der Waals surface area contributed by atoms with Crippen LogP contribution in [0, 0.1) is 5.92 Å². The van der Waals surface area contributed by atoms with E-state index in [2.05, 4.69) is 15.6 Å². The van der Waals surface area contributed by atoms with Gasteiger partial charge in [0.25, 0.3) is 0 Å². The minimum absolute atomic E-state index is 0.00425. The van der Waals surface area contributed by atoms with E-state index in [1.54, 1.807) is 30.3 Å².